The van der Waals surface area contributed by atoms with E-state index in [9.17, 15) is 4.79 Å². The van der Waals surface area contributed by atoms with Crippen LogP contribution >= 0.6 is 0 Å². The maximum absolute atomic E-state index is 10.1. The monoisotopic (exact) mass is 139 g/mol. The van der Waals surface area contributed by atoms with Crippen LogP contribution in [0, 0.1) is 17.2 Å². The highest BCUT2D eigenvalue weighted by Crippen LogP contribution is 2.02. The van der Waals surface area contributed by atoms with Gasteiger partial charge in [-0.25, -0.2) is 0 Å². The molecule has 0 aliphatic heterocycles. The zero-order valence-corrected chi connectivity index (χ0v) is 5.74. The normalized spacial score (nSPS) is 12.8. The van der Waals surface area contributed by atoms with E-state index in [1.807, 2.05) is 0 Å². The van der Waals surface area contributed by atoms with Gasteiger partial charge in [-0.15, -0.1) is 0 Å². The highest BCUT2D eigenvalue weighted by Gasteiger charge is 2.01. The third kappa shape index (κ3) is 4.85. The summed E-state index contributed by atoms with van der Waals surface area (Å²) < 4.78 is 0. The van der Waals surface area contributed by atoms with Gasteiger partial charge in [-0.3, -0.25) is 4.79 Å². The van der Waals surface area contributed by atoms with E-state index in [-0.39, 0.29) is 12.3 Å². The number of hydrogen-bond acceptors (Lipinski definition) is 2. The molecule has 3 heteroatoms. The summed E-state index contributed by atoms with van der Waals surface area (Å²) in [6.07, 6.45) is 2.96. The number of carbonyl (C=O) groups is 1. The summed E-state index contributed by atoms with van der Waals surface area (Å²) in [5, 5.41) is 16.3. The minimum Gasteiger partial charge on any atom is -0.481 e. The molecule has 0 saturated carbocycles. The second kappa shape index (κ2) is 4.57. The summed E-state index contributed by atoms with van der Waals surface area (Å²) in [4.78, 5) is 10.1. The quantitative estimate of drug-likeness (QED) is 0.597. The number of hydrogen-bond donors (Lipinski definition) is 1. The number of nitriles is 1. The van der Waals surface area contributed by atoms with E-state index in [0.29, 0.717) is 0 Å². The predicted molar refractivity (Wildman–Crippen MR) is 36.2 cm³/mol. The van der Waals surface area contributed by atoms with Crippen molar-refractivity contribution < 1.29 is 9.90 Å². The van der Waals surface area contributed by atoms with E-state index < -0.39 is 5.97 Å². The summed E-state index contributed by atoms with van der Waals surface area (Å²) in [6, 6.07) is 1.80. The fourth-order valence-electron chi connectivity index (χ4n) is 0.551. The molecular weight excluding hydrogens is 130 g/mol. The number of allylic oxidation sites excluding steroid dienone is 2. The first-order chi connectivity index (χ1) is 4.66. The van der Waals surface area contributed by atoms with Gasteiger partial charge in [-0.2, -0.15) is 5.26 Å². The van der Waals surface area contributed by atoms with Crippen LogP contribution in [0.1, 0.15) is 13.3 Å². The van der Waals surface area contributed by atoms with Crippen LogP contribution in [0.2, 0.25) is 0 Å². The minimum atomic E-state index is -0.838. The third-order valence-corrected chi connectivity index (χ3v) is 0.996. The van der Waals surface area contributed by atoms with E-state index in [2.05, 4.69) is 0 Å². The van der Waals surface area contributed by atoms with Gasteiger partial charge in [0.25, 0.3) is 0 Å². The average Bonchev–Trinajstić information content (AvgIpc) is 1.82. The van der Waals surface area contributed by atoms with Crippen LogP contribution in [0.25, 0.3) is 0 Å². The Bertz CT molecular complexity index is 179. The molecule has 1 unspecified atom stereocenters. The molecule has 0 radical (unpaired) electrons. The molecule has 0 fully saturated rings. The van der Waals surface area contributed by atoms with Crippen LogP contribution in [0.15, 0.2) is 12.2 Å². The zero-order valence-electron chi connectivity index (χ0n) is 5.74. The Hall–Kier alpha value is -1.30. The third-order valence-electron chi connectivity index (χ3n) is 0.996. The van der Waals surface area contributed by atoms with Crippen molar-refractivity contribution in [3.63, 3.8) is 0 Å². The van der Waals surface area contributed by atoms with Gasteiger partial charge in [0.1, 0.15) is 0 Å². The van der Waals surface area contributed by atoms with Gasteiger partial charge < -0.3 is 5.11 Å². The molecule has 0 rings (SSSR count). The molecule has 0 aliphatic rings. The number of carboxylic acid groups (broad SMARTS) is 1. The Morgan fingerprint density at radius 3 is 2.90 bits per heavy atom. The minimum absolute atomic E-state index is 0.0582. The van der Waals surface area contributed by atoms with Crippen LogP contribution in [-0.2, 0) is 4.79 Å². The number of rotatable bonds is 3. The molecule has 0 bridgehead atoms. The predicted octanol–water partition coefficient (Wildman–Crippen LogP) is 1.18. The molecule has 0 aromatic heterocycles. The SMILES string of the molecule is CC(C=CC#N)CC(=O)O. The van der Waals surface area contributed by atoms with Gasteiger partial charge in [0.15, 0.2) is 0 Å². The highest BCUT2D eigenvalue weighted by molar-refractivity contribution is 5.67. The molecule has 0 saturated heterocycles. The van der Waals surface area contributed by atoms with Crippen molar-refractivity contribution in [2.24, 2.45) is 5.92 Å². The van der Waals surface area contributed by atoms with Gasteiger partial charge >= 0.3 is 5.97 Å². The largest absolute Gasteiger partial charge is 0.481 e. The van der Waals surface area contributed by atoms with E-state index in [1.54, 1.807) is 19.1 Å². The Balaban J connectivity index is 3.66. The molecule has 3 nitrogen and oxygen atoms in total. The van der Waals surface area contributed by atoms with Crippen molar-refractivity contribution in [2.75, 3.05) is 0 Å². The van der Waals surface area contributed by atoms with Crippen molar-refractivity contribution >= 4 is 5.97 Å². The van der Waals surface area contributed by atoms with Crippen molar-refractivity contribution in [1.82, 2.24) is 0 Å². The summed E-state index contributed by atoms with van der Waals surface area (Å²) >= 11 is 0. The smallest absolute Gasteiger partial charge is 0.303 e. The molecule has 1 atom stereocenters. The molecule has 0 aromatic rings. The molecule has 0 spiro atoms. The van der Waals surface area contributed by atoms with E-state index >= 15 is 0 Å². The molecule has 54 valence electrons. The van der Waals surface area contributed by atoms with Gasteiger partial charge in [-0.05, 0) is 5.92 Å². The van der Waals surface area contributed by atoms with Gasteiger partial charge in [-0.1, -0.05) is 13.0 Å². The molecule has 0 aliphatic carbocycles. The number of carboxylic acids is 1. The van der Waals surface area contributed by atoms with Crippen molar-refractivity contribution in [3.8, 4) is 6.07 Å². The van der Waals surface area contributed by atoms with Gasteiger partial charge in [0.2, 0.25) is 0 Å². The molecule has 0 heterocycles. The lowest BCUT2D eigenvalue weighted by Gasteiger charge is -1.97. The van der Waals surface area contributed by atoms with E-state index in [4.69, 9.17) is 10.4 Å². The Labute approximate surface area is 59.6 Å². The first-order valence-electron chi connectivity index (χ1n) is 2.95. The topological polar surface area (TPSA) is 61.1 Å². The van der Waals surface area contributed by atoms with Crippen LogP contribution in [0.4, 0.5) is 0 Å². The first-order valence-corrected chi connectivity index (χ1v) is 2.95. The maximum Gasteiger partial charge on any atom is 0.303 e. The maximum atomic E-state index is 10.1. The fourth-order valence-corrected chi connectivity index (χ4v) is 0.551. The molecule has 0 amide bonds. The van der Waals surface area contributed by atoms with Crippen molar-refractivity contribution in [1.29, 1.82) is 5.26 Å². The molecule has 1 N–H and O–H groups in total. The van der Waals surface area contributed by atoms with Crippen LogP contribution in [0.5, 0.6) is 0 Å². The molecule has 0 aromatic carbocycles. The molecule has 10 heavy (non-hydrogen) atoms. The van der Waals surface area contributed by atoms with Crippen LogP contribution < -0.4 is 0 Å². The second-order valence-corrected chi connectivity index (χ2v) is 2.06. The van der Waals surface area contributed by atoms with Crippen LogP contribution in [0.3, 0.4) is 0 Å². The molecular formula is C7H9NO2. The van der Waals surface area contributed by atoms with Crippen molar-refractivity contribution in [3.05, 3.63) is 12.2 Å². The Kier molecular flexibility index (Phi) is 3.97. The number of aliphatic carboxylic acids is 1. The zero-order chi connectivity index (χ0) is 7.98. The Morgan fingerprint density at radius 2 is 2.50 bits per heavy atom. The number of nitrogens with zero attached hydrogens (tertiary/aromatic N) is 1. The first kappa shape index (κ1) is 8.70. The Morgan fingerprint density at radius 1 is 1.90 bits per heavy atom. The lowest BCUT2D eigenvalue weighted by Crippen LogP contribution is -2.00. The van der Waals surface area contributed by atoms with Gasteiger partial charge in [0, 0.05) is 6.08 Å². The lowest BCUT2D eigenvalue weighted by atomic mass is 10.1. The fraction of sp³-hybridized carbons (Fsp3) is 0.429. The summed E-state index contributed by atoms with van der Waals surface area (Å²) in [5.41, 5.74) is 0. The highest BCUT2D eigenvalue weighted by atomic mass is 16.4. The summed E-state index contributed by atoms with van der Waals surface area (Å²) in [7, 11) is 0. The van der Waals surface area contributed by atoms with E-state index in [0.717, 1.165) is 0 Å². The van der Waals surface area contributed by atoms with Crippen molar-refractivity contribution in [2.45, 2.75) is 13.3 Å². The average molecular weight is 139 g/mol. The van der Waals surface area contributed by atoms with Crippen LogP contribution in [-0.4, -0.2) is 11.1 Å². The standard InChI is InChI=1S/C7H9NO2/c1-6(3-2-4-8)5-7(9)10/h2-3,6H,5H2,1H3,(H,9,10). The lowest BCUT2D eigenvalue weighted by molar-refractivity contribution is -0.137. The summed E-state index contributed by atoms with van der Waals surface area (Å²) in [5.74, 6) is -0.896. The second-order valence-electron chi connectivity index (χ2n) is 2.06. The summed E-state index contributed by atoms with van der Waals surface area (Å²) in [6.45, 7) is 1.75. The van der Waals surface area contributed by atoms with E-state index in [1.165, 1.54) is 6.08 Å². The van der Waals surface area contributed by atoms with Gasteiger partial charge in [0.05, 0.1) is 12.5 Å².